The summed E-state index contributed by atoms with van der Waals surface area (Å²) in [5.41, 5.74) is 2.99. The van der Waals surface area contributed by atoms with Gasteiger partial charge < -0.3 is 0 Å². The number of nitrogens with zero attached hydrogens (tertiary/aromatic N) is 2. The number of hydrogen-bond acceptors (Lipinski definition) is 4. The van der Waals surface area contributed by atoms with Gasteiger partial charge in [-0.15, -0.1) is 0 Å². The highest BCUT2D eigenvalue weighted by Crippen LogP contribution is 2.18. The van der Waals surface area contributed by atoms with Crippen LogP contribution in [-0.4, -0.2) is 36.7 Å². The van der Waals surface area contributed by atoms with E-state index in [0.717, 1.165) is 38.9 Å². The van der Waals surface area contributed by atoms with Gasteiger partial charge in [0.1, 0.15) is 0 Å². The van der Waals surface area contributed by atoms with Gasteiger partial charge in [0, 0.05) is 19.1 Å². The molecule has 0 bridgehead atoms. The van der Waals surface area contributed by atoms with Crippen LogP contribution in [0.1, 0.15) is 26.2 Å². The molecule has 0 aromatic heterocycles. The molecular weight excluding hydrogens is 190 g/mol. The van der Waals surface area contributed by atoms with Crippen molar-refractivity contribution in [1.29, 1.82) is 5.26 Å². The van der Waals surface area contributed by atoms with Crippen LogP contribution in [0.2, 0.25) is 0 Å². The van der Waals surface area contributed by atoms with Crippen LogP contribution in [0.15, 0.2) is 0 Å². The van der Waals surface area contributed by atoms with Gasteiger partial charge in [0.25, 0.3) is 0 Å². The molecule has 0 aliphatic carbocycles. The first kappa shape index (κ1) is 10.9. The molecule has 0 aromatic rings. The zero-order valence-corrected chi connectivity index (χ0v) is 9.28. The van der Waals surface area contributed by atoms with Crippen molar-refractivity contribution in [2.45, 2.75) is 38.3 Å². The van der Waals surface area contributed by atoms with E-state index in [-0.39, 0.29) is 5.92 Å². The summed E-state index contributed by atoms with van der Waals surface area (Å²) in [4.78, 5) is 7.83. The highest BCUT2D eigenvalue weighted by molar-refractivity contribution is 4.89. The Labute approximate surface area is 91.1 Å². The van der Waals surface area contributed by atoms with Crippen LogP contribution in [0.5, 0.6) is 0 Å². The summed E-state index contributed by atoms with van der Waals surface area (Å²) in [5.74, 6) is 0.227. The first-order valence-corrected chi connectivity index (χ1v) is 5.81. The lowest BCUT2D eigenvalue weighted by atomic mass is 9.99. The van der Waals surface area contributed by atoms with Gasteiger partial charge in [0.15, 0.2) is 0 Å². The maximum absolute atomic E-state index is 8.89. The van der Waals surface area contributed by atoms with Gasteiger partial charge >= 0.3 is 0 Å². The molecule has 2 heterocycles. The van der Waals surface area contributed by atoms with Crippen molar-refractivity contribution < 1.29 is 4.84 Å². The van der Waals surface area contributed by atoms with E-state index in [9.17, 15) is 0 Å². The van der Waals surface area contributed by atoms with Gasteiger partial charge in [0.05, 0.1) is 18.1 Å². The molecule has 0 aromatic carbocycles. The van der Waals surface area contributed by atoms with E-state index in [0.29, 0.717) is 12.1 Å². The first-order valence-electron chi connectivity index (χ1n) is 5.81. The van der Waals surface area contributed by atoms with Crippen LogP contribution in [0.3, 0.4) is 0 Å². The summed E-state index contributed by atoms with van der Waals surface area (Å²) >= 11 is 0. The smallest absolute Gasteiger partial charge is 0.0932 e. The molecule has 0 spiro atoms. The van der Waals surface area contributed by atoms with Crippen molar-refractivity contribution in [3.63, 3.8) is 0 Å². The Morgan fingerprint density at radius 3 is 3.13 bits per heavy atom. The Morgan fingerprint density at radius 2 is 2.47 bits per heavy atom. The lowest BCUT2D eigenvalue weighted by Crippen LogP contribution is -2.39. The van der Waals surface area contributed by atoms with E-state index in [1.807, 2.05) is 0 Å². The van der Waals surface area contributed by atoms with Gasteiger partial charge in [0.2, 0.25) is 0 Å². The number of rotatable bonds is 2. The lowest BCUT2D eigenvalue weighted by Gasteiger charge is -2.30. The van der Waals surface area contributed by atoms with E-state index < -0.39 is 0 Å². The molecule has 15 heavy (non-hydrogen) atoms. The van der Waals surface area contributed by atoms with Crippen LogP contribution in [0.4, 0.5) is 0 Å². The average molecular weight is 209 g/mol. The predicted octanol–water partition coefficient (Wildman–Crippen LogP) is 0.904. The summed E-state index contributed by atoms with van der Waals surface area (Å²) < 4.78 is 0. The third-order valence-corrected chi connectivity index (χ3v) is 3.20. The van der Waals surface area contributed by atoms with Crippen LogP contribution >= 0.6 is 0 Å². The van der Waals surface area contributed by atoms with Crippen molar-refractivity contribution >= 4 is 0 Å². The fourth-order valence-corrected chi connectivity index (χ4v) is 2.43. The quantitative estimate of drug-likeness (QED) is 0.734. The third-order valence-electron chi connectivity index (χ3n) is 3.20. The Kier molecular flexibility index (Phi) is 3.57. The van der Waals surface area contributed by atoms with Gasteiger partial charge in [-0.25, -0.2) is 0 Å². The Balaban J connectivity index is 1.77. The van der Waals surface area contributed by atoms with Gasteiger partial charge in [-0.1, -0.05) is 0 Å². The van der Waals surface area contributed by atoms with E-state index in [4.69, 9.17) is 10.1 Å². The number of piperidine rings is 1. The molecule has 4 nitrogen and oxygen atoms in total. The molecule has 2 saturated heterocycles. The fourth-order valence-electron chi connectivity index (χ4n) is 2.43. The summed E-state index contributed by atoms with van der Waals surface area (Å²) in [6.07, 6.45) is 3.59. The molecule has 0 saturated carbocycles. The third kappa shape index (κ3) is 2.91. The zero-order valence-electron chi connectivity index (χ0n) is 9.28. The lowest BCUT2D eigenvalue weighted by molar-refractivity contribution is 0.00295. The molecule has 2 rings (SSSR count). The molecule has 84 valence electrons. The molecule has 1 N–H and O–H groups in total. The van der Waals surface area contributed by atoms with Gasteiger partial charge in [-0.05, 0) is 32.7 Å². The van der Waals surface area contributed by atoms with Gasteiger partial charge in [-0.3, -0.25) is 9.74 Å². The van der Waals surface area contributed by atoms with Crippen LogP contribution < -0.4 is 5.48 Å². The van der Waals surface area contributed by atoms with Crippen molar-refractivity contribution in [3.05, 3.63) is 0 Å². The minimum Gasteiger partial charge on any atom is -0.299 e. The first-order chi connectivity index (χ1) is 7.28. The summed E-state index contributed by atoms with van der Waals surface area (Å²) in [6, 6.07) is 2.83. The second-order valence-corrected chi connectivity index (χ2v) is 4.72. The molecule has 0 amide bonds. The van der Waals surface area contributed by atoms with Crippen molar-refractivity contribution in [1.82, 2.24) is 10.4 Å². The Hall–Kier alpha value is -0.630. The number of nitriles is 1. The maximum Gasteiger partial charge on any atom is 0.0932 e. The SMILES string of the molecule is CC1CC(CN2CCC[C@H](C#N)C2)ON1. The molecule has 3 atom stereocenters. The maximum atomic E-state index is 8.89. The molecule has 2 aliphatic heterocycles. The van der Waals surface area contributed by atoms with Crippen molar-refractivity contribution in [2.24, 2.45) is 5.92 Å². The molecule has 2 fully saturated rings. The molecule has 2 unspecified atom stereocenters. The second kappa shape index (κ2) is 4.93. The predicted molar refractivity (Wildman–Crippen MR) is 56.9 cm³/mol. The Bertz CT molecular complexity index is 251. The Morgan fingerprint density at radius 1 is 1.60 bits per heavy atom. The largest absolute Gasteiger partial charge is 0.299 e. The van der Waals surface area contributed by atoms with Crippen molar-refractivity contribution in [3.8, 4) is 6.07 Å². The minimum absolute atomic E-state index is 0.227. The van der Waals surface area contributed by atoms with Crippen LogP contribution in [0.25, 0.3) is 0 Å². The summed E-state index contributed by atoms with van der Waals surface area (Å²) in [6.45, 7) is 5.14. The normalized spacial score (nSPS) is 37.7. The second-order valence-electron chi connectivity index (χ2n) is 4.72. The number of hydroxylamine groups is 1. The topological polar surface area (TPSA) is 48.3 Å². The average Bonchev–Trinajstić information content (AvgIpc) is 2.64. The molecule has 2 aliphatic rings. The molecule has 4 heteroatoms. The number of likely N-dealkylation sites (tertiary alicyclic amines) is 1. The van der Waals surface area contributed by atoms with E-state index in [1.54, 1.807) is 0 Å². The minimum atomic E-state index is 0.227. The number of hydrogen-bond donors (Lipinski definition) is 1. The van der Waals surface area contributed by atoms with Crippen LogP contribution in [0, 0.1) is 17.2 Å². The van der Waals surface area contributed by atoms with E-state index in [1.165, 1.54) is 0 Å². The summed E-state index contributed by atoms with van der Waals surface area (Å²) in [7, 11) is 0. The highest BCUT2D eigenvalue weighted by Gasteiger charge is 2.27. The molecule has 0 radical (unpaired) electrons. The number of nitrogens with one attached hydrogen (secondary N) is 1. The highest BCUT2D eigenvalue weighted by atomic mass is 16.7. The summed E-state index contributed by atoms with van der Waals surface area (Å²) in [5, 5.41) is 8.89. The van der Waals surface area contributed by atoms with Crippen molar-refractivity contribution in [2.75, 3.05) is 19.6 Å². The monoisotopic (exact) mass is 209 g/mol. The van der Waals surface area contributed by atoms with E-state index in [2.05, 4.69) is 23.4 Å². The van der Waals surface area contributed by atoms with Crippen LogP contribution in [-0.2, 0) is 4.84 Å². The van der Waals surface area contributed by atoms with E-state index >= 15 is 0 Å². The molecular formula is C11H19N3O. The fraction of sp³-hybridized carbons (Fsp3) is 0.909. The standard InChI is InChI=1S/C11H19N3O/c1-9-5-11(15-13-9)8-14-4-2-3-10(6-12)7-14/h9-11,13H,2-5,7-8H2,1H3/t9?,10-,11?/m1/s1. The van der Waals surface area contributed by atoms with Gasteiger partial charge in [-0.2, -0.15) is 10.7 Å². The zero-order chi connectivity index (χ0) is 10.7.